The van der Waals surface area contributed by atoms with Crippen LogP contribution in [0.2, 0.25) is 0 Å². The van der Waals surface area contributed by atoms with Gasteiger partial charge in [-0.1, -0.05) is 30.3 Å². The van der Waals surface area contributed by atoms with Crippen LogP contribution in [0, 0.1) is 0 Å². The summed E-state index contributed by atoms with van der Waals surface area (Å²) in [6.45, 7) is 3.71. The van der Waals surface area contributed by atoms with E-state index in [1.165, 1.54) is 4.88 Å². The monoisotopic (exact) mass is 369 g/mol. The van der Waals surface area contributed by atoms with E-state index in [-0.39, 0.29) is 0 Å². The second-order valence-corrected chi connectivity index (χ2v) is 6.63. The van der Waals surface area contributed by atoms with Crippen LogP contribution in [0.3, 0.4) is 0 Å². The van der Waals surface area contributed by atoms with Crippen molar-refractivity contribution < 1.29 is 14.2 Å². The quantitative estimate of drug-likeness (QED) is 0.552. The summed E-state index contributed by atoms with van der Waals surface area (Å²) in [6.07, 6.45) is 0. The smallest absolute Gasteiger partial charge is 0.166 e. The van der Waals surface area contributed by atoms with Crippen molar-refractivity contribution in [2.75, 3.05) is 19.0 Å². The molecule has 136 valence electrons. The largest absolute Gasteiger partial charge is 0.495 e. The van der Waals surface area contributed by atoms with E-state index in [4.69, 9.17) is 14.2 Å². The standard InChI is InChI=1S/C21H23NO3S/c1-3-24-20-12-6-8-16(21(20)25-15-17-9-7-13-26-17)14-22-18-10-4-5-11-19(18)23-2/h4-13,22H,3,14-15H2,1-2H3. The molecular formula is C21H23NO3S. The molecule has 3 rings (SSSR count). The Kier molecular flexibility index (Phi) is 6.39. The highest BCUT2D eigenvalue weighted by Gasteiger charge is 2.12. The molecule has 0 bridgehead atoms. The summed E-state index contributed by atoms with van der Waals surface area (Å²) in [5.41, 5.74) is 1.99. The van der Waals surface area contributed by atoms with Gasteiger partial charge in [-0.3, -0.25) is 0 Å². The van der Waals surface area contributed by atoms with Crippen molar-refractivity contribution in [3.05, 3.63) is 70.4 Å². The van der Waals surface area contributed by atoms with Gasteiger partial charge in [0.05, 0.1) is 19.4 Å². The molecule has 0 fully saturated rings. The zero-order valence-electron chi connectivity index (χ0n) is 15.0. The van der Waals surface area contributed by atoms with Gasteiger partial charge in [0.1, 0.15) is 12.4 Å². The second-order valence-electron chi connectivity index (χ2n) is 5.60. The van der Waals surface area contributed by atoms with Crippen LogP contribution in [0.25, 0.3) is 0 Å². The maximum absolute atomic E-state index is 6.12. The van der Waals surface area contributed by atoms with Gasteiger partial charge in [0.25, 0.3) is 0 Å². The number of benzene rings is 2. The van der Waals surface area contributed by atoms with Crippen LogP contribution in [0.4, 0.5) is 5.69 Å². The summed E-state index contributed by atoms with van der Waals surface area (Å²) in [7, 11) is 1.67. The predicted octanol–water partition coefficient (Wildman–Crippen LogP) is 5.35. The molecule has 5 heteroatoms. The molecule has 0 radical (unpaired) electrons. The number of hydrogen-bond acceptors (Lipinski definition) is 5. The van der Waals surface area contributed by atoms with Gasteiger partial charge in [-0.2, -0.15) is 0 Å². The van der Waals surface area contributed by atoms with Crippen molar-refractivity contribution in [1.82, 2.24) is 0 Å². The van der Waals surface area contributed by atoms with Crippen LogP contribution < -0.4 is 19.5 Å². The first-order valence-electron chi connectivity index (χ1n) is 8.58. The fraction of sp³-hybridized carbons (Fsp3) is 0.238. The molecule has 1 heterocycles. The highest BCUT2D eigenvalue weighted by Crippen LogP contribution is 2.34. The first-order chi connectivity index (χ1) is 12.8. The van der Waals surface area contributed by atoms with Crippen molar-refractivity contribution in [2.45, 2.75) is 20.1 Å². The van der Waals surface area contributed by atoms with Gasteiger partial charge in [0, 0.05) is 17.0 Å². The van der Waals surface area contributed by atoms with E-state index < -0.39 is 0 Å². The number of ether oxygens (including phenoxy) is 3. The molecule has 4 nitrogen and oxygen atoms in total. The van der Waals surface area contributed by atoms with E-state index in [9.17, 15) is 0 Å². The number of nitrogens with one attached hydrogen (secondary N) is 1. The van der Waals surface area contributed by atoms with Crippen molar-refractivity contribution >= 4 is 17.0 Å². The summed E-state index contributed by atoms with van der Waals surface area (Å²) in [5, 5.41) is 5.48. The lowest BCUT2D eigenvalue weighted by atomic mass is 10.1. The first-order valence-corrected chi connectivity index (χ1v) is 9.46. The van der Waals surface area contributed by atoms with Crippen LogP contribution in [0.15, 0.2) is 60.0 Å². The minimum atomic E-state index is 0.531. The Labute approximate surface area is 158 Å². The minimum Gasteiger partial charge on any atom is -0.495 e. The topological polar surface area (TPSA) is 39.7 Å². The van der Waals surface area contributed by atoms with Crippen molar-refractivity contribution in [1.29, 1.82) is 0 Å². The SMILES string of the molecule is CCOc1cccc(CNc2ccccc2OC)c1OCc1cccs1. The number of anilines is 1. The molecule has 26 heavy (non-hydrogen) atoms. The van der Waals surface area contributed by atoms with Crippen LogP contribution in [-0.2, 0) is 13.2 Å². The average molecular weight is 369 g/mol. The van der Waals surface area contributed by atoms with Crippen LogP contribution in [-0.4, -0.2) is 13.7 Å². The summed E-state index contributed by atoms with van der Waals surface area (Å²) in [6, 6.07) is 18.0. The molecule has 1 N–H and O–H groups in total. The summed E-state index contributed by atoms with van der Waals surface area (Å²) in [4.78, 5) is 1.18. The van der Waals surface area contributed by atoms with Crippen molar-refractivity contribution in [3.8, 4) is 17.2 Å². The fourth-order valence-corrected chi connectivity index (χ4v) is 3.27. The molecule has 3 aromatic rings. The zero-order valence-corrected chi connectivity index (χ0v) is 15.8. The molecule has 0 atom stereocenters. The number of rotatable bonds is 9. The number of thiophene rings is 1. The van der Waals surface area contributed by atoms with Gasteiger partial charge >= 0.3 is 0 Å². The van der Waals surface area contributed by atoms with E-state index in [0.29, 0.717) is 19.8 Å². The van der Waals surface area contributed by atoms with Gasteiger partial charge in [0.15, 0.2) is 11.5 Å². The Bertz CT molecular complexity index is 818. The van der Waals surface area contributed by atoms with Crippen molar-refractivity contribution in [2.24, 2.45) is 0 Å². The molecule has 0 unspecified atom stereocenters. The second kappa shape index (κ2) is 9.15. The van der Waals surface area contributed by atoms with E-state index >= 15 is 0 Å². The van der Waals surface area contributed by atoms with E-state index in [0.717, 1.165) is 28.5 Å². The van der Waals surface area contributed by atoms with Gasteiger partial charge < -0.3 is 19.5 Å². The third kappa shape index (κ3) is 4.49. The molecule has 0 saturated carbocycles. The Morgan fingerprint density at radius 3 is 2.54 bits per heavy atom. The average Bonchev–Trinajstić information content (AvgIpc) is 3.19. The lowest BCUT2D eigenvalue weighted by Crippen LogP contribution is -2.06. The van der Waals surface area contributed by atoms with Gasteiger partial charge in [-0.15, -0.1) is 11.3 Å². The number of methoxy groups -OCH3 is 1. The zero-order chi connectivity index (χ0) is 18.2. The number of para-hydroxylation sites is 3. The highest BCUT2D eigenvalue weighted by atomic mass is 32.1. The Morgan fingerprint density at radius 2 is 1.77 bits per heavy atom. The normalized spacial score (nSPS) is 10.4. The Hall–Kier alpha value is -2.66. The van der Waals surface area contributed by atoms with E-state index in [1.54, 1.807) is 18.4 Å². The molecule has 2 aromatic carbocycles. The Balaban J connectivity index is 1.79. The summed E-state index contributed by atoms with van der Waals surface area (Å²) in [5.74, 6) is 2.36. The molecule has 0 spiro atoms. The molecule has 0 aliphatic carbocycles. The molecule has 0 saturated heterocycles. The van der Waals surface area contributed by atoms with Gasteiger partial charge in [-0.05, 0) is 36.6 Å². The maximum Gasteiger partial charge on any atom is 0.166 e. The fourth-order valence-electron chi connectivity index (χ4n) is 2.65. The minimum absolute atomic E-state index is 0.531. The lowest BCUT2D eigenvalue weighted by molar-refractivity contribution is 0.269. The molecule has 0 aliphatic heterocycles. The molecule has 0 amide bonds. The molecular weight excluding hydrogens is 346 g/mol. The molecule has 1 aromatic heterocycles. The predicted molar refractivity (Wildman–Crippen MR) is 107 cm³/mol. The van der Waals surface area contributed by atoms with Crippen LogP contribution in [0.1, 0.15) is 17.4 Å². The molecule has 0 aliphatic rings. The van der Waals surface area contributed by atoms with Crippen LogP contribution in [0.5, 0.6) is 17.2 Å². The van der Waals surface area contributed by atoms with Gasteiger partial charge in [0.2, 0.25) is 0 Å². The third-order valence-corrected chi connectivity index (χ3v) is 4.73. The highest BCUT2D eigenvalue weighted by molar-refractivity contribution is 7.09. The summed E-state index contributed by atoms with van der Waals surface area (Å²) >= 11 is 1.68. The maximum atomic E-state index is 6.12. The lowest BCUT2D eigenvalue weighted by Gasteiger charge is -2.17. The number of hydrogen-bond donors (Lipinski definition) is 1. The van der Waals surface area contributed by atoms with E-state index in [1.807, 2.05) is 49.4 Å². The van der Waals surface area contributed by atoms with Crippen LogP contribution >= 0.6 is 11.3 Å². The summed E-state index contributed by atoms with van der Waals surface area (Å²) < 4.78 is 17.3. The van der Waals surface area contributed by atoms with Gasteiger partial charge in [-0.25, -0.2) is 0 Å². The Morgan fingerprint density at radius 1 is 0.923 bits per heavy atom. The van der Waals surface area contributed by atoms with E-state index in [2.05, 4.69) is 22.8 Å². The third-order valence-electron chi connectivity index (χ3n) is 3.88. The van der Waals surface area contributed by atoms with Crippen molar-refractivity contribution in [3.63, 3.8) is 0 Å². The first kappa shape index (κ1) is 18.1.